The quantitative estimate of drug-likeness (QED) is 0.844. The third kappa shape index (κ3) is 3.43. The average molecular weight is 336 g/mol. The highest BCUT2D eigenvalue weighted by Gasteiger charge is 2.28. The molecule has 0 N–H and O–H groups in total. The van der Waals surface area contributed by atoms with Crippen molar-refractivity contribution in [2.45, 2.75) is 32.6 Å². The first-order valence-corrected chi connectivity index (χ1v) is 10.0. The molecule has 0 spiro atoms. The maximum Gasteiger partial charge on any atom is 0.253 e. The maximum absolute atomic E-state index is 12.7. The lowest BCUT2D eigenvalue weighted by atomic mass is 9.90. The van der Waals surface area contributed by atoms with Crippen molar-refractivity contribution >= 4 is 15.9 Å². The van der Waals surface area contributed by atoms with Crippen LogP contribution in [0.15, 0.2) is 18.2 Å². The van der Waals surface area contributed by atoms with Gasteiger partial charge in [-0.05, 0) is 55.9 Å². The van der Waals surface area contributed by atoms with Crippen LogP contribution in [0, 0.1) is 0 Å². The second kappa shape index (κ2) is 6.61. The van der Waals surface area contributed by atoms with Gasteiger partial charge in [-0.2, -0.15) is 4.31 Å². The van der Waals surface area contributed by atoms with Gasteiger partial charge in [0.05, 0.1) is 5.75 Å². The summed E-state index contributed by atoms with van der Waals surface area (Å²) in [5, 5.41) is 0. The number of benzene rings is 1. The molecule has 0 radical (unpaired) electrons. The summed E-state index contributed by atoms with van der Waals surface area (Å²) < 4.78 is 25.3. The molecule has 1 saturated heterocycles. The van der Waals surface area contributed by atoms with E-state index in [1.54, 1.807) is 11.8 Å². The third-order valence-corrected chi connectivity index (χ3v) is 6.76. The minimum Gasteiger partial charge on any atom is -0.336 e. The van der Waals surface area contributed by atoms with E-state index in [9.17, 15) is 13.2 Å². The molecule has 0 atom stereocenters. The molecule has 0 saturated carbocycles. The number of fused-ring (bicyclic) bond motifs is 1. The SMILES string of the molecule is CCS(=O)(=O)N1CCN(C(=O)c2ccc3c(c2)CCCC3)CC1. The van der Waals surface area contributed by atoms with Gasteiger partial charge in [-0.25, -0.2) is 8.42 Å². The molecule has 1 heterocycles. The molecule has 1 aromatic rings. The largest absolute Gasteiger partial charge is 0.336 e. The van der Waals surface area contributed by atoms with E-state index < -0.39 is 10.0 Å². The van der Waals surface area contributed by atoms with Gasteiger partial charge >= 0.3 is 0 Å². The van der Waals surface area contributed by atoms with Crippen LogP contribution in [0.2, 0.25) is 0 Å². The van der Waals surface area contributed by atoms with E-state index in [4.69, 9.17) is 0 Å². The Hall–Kier alpha value is -1.40. The van der Waals surface area contributed by atoms with Gasteiger partial charge in [0.15, 0.2) is 0 Å². The number of hydrogen-bond acceptors (Lipinski definition) is 3. The van der Waals surface area contributed by atoms with Gasteiger partial charge in [-0.3, -0.25) is 4.79 Å². The first-order valence-electron chi connectivity index (χ1n) is 8.40. The number of nitrogens with zero attached hydrogens (tertiary/aromatic N) is 2. The molecule has 2 aliphatic rings. The number of sulfonamides is 1. The Labute approximate surface area is 138 Å². The Bertz CT molecular complexity index is 692. The summed E-state index contributed by atoms with van der Waals surface area (Å²) in [4.78, 5) is 14.4. The van der Waals surface area contributed by atoms with E-state index in [1.165, 1.54) is 28.3 Å². The molecule has 1 amide bonds. The van der Waals surface area contributed by atoms with Crippen molar-refractivity contribution < 1.29 is 13.2 Å². The Kier molecular flexibility index (Phi) is 4.73. The number of carbonyl (C=O) groups is 1. The van der Waals surface area contributed by atoms with Gasteiger partial charge in [0, 0.05) is 31.7 Å². The van der Waals surface area contributed by atoms with Crippen LogP contribution in [0.1, 0.15) is 41.3 Å². The number of aryl methyl sites for hydroxylation is 2. The van der Waals surface area contributed by atoms with Gasteiger partial charge in [0.1, 0.15) is 0 Å². The zero-order chi connectivity index (χ0) is 16.4. The van der Waals surface area contributed by atoms with Crippen LogP contribution in [0.5, 0.6) is 0 Å². The van der Waals surface area contributed by atoms with Crippen LogP contribution in [-0.2, 0) is 22.9 Å². The molecule has 3 rings (SSSR count). The second-order valence-electron chi connectivity index (χ2n) is 6.28. The molecular weight excluding hydrogens is 312 g/mol. The molecule has 126 valence electrons. The first-order chi connectivity index (χ1) is 11.0. The summed E-state index contributed by atoms with van der Waals surface area (Å²) in [5.41, 5.74) is 3.40. The fourth-order valence-electron chi connectivity index (χ4n) is 3.40. The van der Waals surface area contributed by atoms with Crippen LogP contribution in [-0.4, -0.2) is 55.5 Å². The first kappa shape index (κ1) is 16.5. The molecule has 1 fully saturated rings. The number of hydrogen-bond donors (Lipinski definition) is 0. The van der Waals surface area contributed by atoms with Gasteiger partial charge in [0.2, 0.25) is 10.0 Å². The zero-order valence-electron chi connectivity index (χ0n) is 13.6. The molecule has 23 heavy (non-hydrogen) atoms. The smallest absolute Gasteiger partial charge is 0.253 e. The highest BCUT2D eigenvalue weighted by Crippen LogP contribution is 2.23. The van der Waals surface area contributed by atoms with Gasteiger partial charge < -0.3 is 4.90 Å². The van der Waals surface area contributed by atoms with Crippen LogP contribution in [0.25, 0.3) is 0 Å². The molecular formula is C17H24N2O3S. The number of rotatable bonds is 3. The molecule has 0 unspecified atom stereocenters. The predicted molar refractivity (Wildman–Crippen MR) is 90.0 cm³/mol. The summed E-state index contributed by atoms with van der Waals surface area (Å²) in [6, 6.07) is 6.03. The van der Waals surface area contributed by atoms with E-state index in [0.717, 1.165) is 18.4 Å². The van der Waals surface area contributed by atoms with Gasteiger partial charge in [0.25, 0.3) is 5.91 Å². The summed E-state index contributed by atoms with van der Waals surface area (Å²) in [6.45, 7) is 3.38. The minimum absolute atomic E-state index is 0.0203. The van der Waals surface area contributed by atoms with Crippen molar-refractivity contribution in [3.05, 3.63) is 34.9 Å². The van der Waals surface area contributed by atoms with Gasteiger partial charge in [-0.15, -0.1) is 0 Å². The molecule has 1 aromatic carbocycles. The summed E-state index contributed by atoms with van der Waals surface area (Å²) in [7, 11) is -3.15. The lowest BCUT2D eigenvalue weighted by molar-refractivity contribution is 0.0698. The summed E-state index contributed by atoms with van der Waals surface area (Å²) >= 11 is 0. The van der Waals surface area contributed by atoms with Gasteiger partial charge in [-0.1, -0.05) is 6.07 Å². The Morgan fingerprint density at radius 2 is 1.70 bits per heavy atom. The highest BCUT2D eigenvalue weighted by molar-refractivity contribution is 7.89. The van der Waals surface area contributed by atoms with Crippen molar-refractivity contribution in [3.8, 4) is 0 Å². The predicted octanol–water partition coefficient (Wildman–Crippen LogP) is 1.67. The Balaban J connectivity index is 1.68. The summed E-state index contributed by atoms with van der Waals surface area (Å²) in [5.74, 6) is 0.137. The number of piperazine rings is 1. The molecule has 5 nitrogen and oxygen atoms in total. The molecule has 6 heteroatoms. The van der Waals surface area contributed by atoms with Crippen LogP contribution >= 0.6 is 0 Å². The lowest BCUT2D eigenvalue weighted by Gasteiger charge is -2.34. The third-order valence-electron chi connectivity index (χ3n) is 4.88. The van der Waals surface area contributed by atoms with E-state index in [1.807, 2.05) is 12.1 Å². The standard InChI is InChI=1S/C17H24N2O3S/c1-2-23(21,22)19-11-9-18(10-12-19)17(20)16-8-7-14-5-3-4-6-15(14)13-16/h7-8,13H,2-6,9-12H2,1H3. The minimum atomic E-state index is -3.15. The lowest BCUT2D eigenvalue weighted by Crippen LogP contribution is -2.50. The molecule has 0 aromatic heterocycles. The van der Waals surface area contributed by atoms with E-state index in [2.05, 4.69) is 6.07 Å². The van der Waals surface area contributed by atoms with Crippen molar-refractivity contribution in [3.63, 3.8) is 0 Å². The zero-order valence-corrected chi connectivity index (χ0v) is 14.4. The fraction of sp³-hybridized carbons (Fsp3) is 0.588. The summed E-state index contributed by atoms with van der Waals surface area (Å²) in [6.07, 6.45) is 4.59. The van der Waals surface area contributed by atoms with Crippen molar-refractivity contribution in [1.29, 1.82) is 0 Å². The van der Waals surface area contributed by atoms with Crippen LogP contribution < -0.4 is 0 Å². The molecule has 1 aliphatic heterocycles. The Morgan fingerprint density at radius 1 is 1.04 bits per heavy atom. The molecule has 1 aliphatic carbocycles. The van der Waals surface area contributed by atoms with Crippen molar-refractivity contribution in [1.82, 2.24) is 9.21 Å². The van der Waals surface area contributed by atoms with E-state index in [-0.39, 0.29) is 11.7 Å². The average Bonchev–Trinajstić information content (AvgIpc) is 2.60. The monoisotopic (exact) mass is 336 g/mol. The second-order valence-corrected chi connectivity index (χ2v) is 8.54. The van der Waals surface area contributed by atoms with Crippen molar-refractivity contribution in [2.24, 2.45) is 0 Å². The Morgan fingerprint density at radius 3 is 2.35 bits per heavy atom. The van der Waals surface area contributed by atoms with Crippen LogP contribution in [0.4, 0.5) is 0 Å². The fourth-order valence-corrected chi connectivity index (χ4v) is 4.49. The van der Waals surface area contributed by atoms with E-state index in [0.29, 0.717) is 26.2 Å². The maximum atomic E-state index is 12.7. The normalized spacial score (nSPS) is 19.4. The number of carbonyl (C=O) groups excluding carboxylic acids is 1. The van der Waals surface area contributed by atoms with Crippen molar-refractivity contribution in [2.75, 3.05) is 31.9 Å². The number of amides is 1. The topological polar surface area (TPSA) is 57.7 Å². The molecule has 0 bridgehead atoms. The van der Waals surface area contributed by atoms with Crippen LogP contribution in [0.3, 0.4) is 0 Å². The van der Waals surface area contributed by atoms with E-state index >= 15 is 0 Å². The highest BCUT2D eigenvalue weighted by atomic mass is 32.2.